The molecule has 0 spiro atoms. The van der Waals surface area contributed by atoms with Crippen molar-refractivity contribution in [2.24, 2.45) is 17.8 Å². The number of carbonyl (C=O) groups excluding carboxylic acids is 1. The third kappa shape index (κ3) is 3.93. The number of rotatable bonds is 5. The van der Waals surface area contributed by atoms with E-state index >= 15 is 0 Å². The Morgan fingerprint density at radius 3 is 2.38 bits per heavy atom. The minimum atomic E-state index is 0.336. The van der Waals surface area contributed by atoms with Crippen LogP contribution in [0.25, 0.3) is 0 Å². The molecule has 0 aromatic rings. The molecule has 0 N–H and O–H groups in total. The Hall–Kier alpha value is -0.330. The highest BCUT2D eigenvalue weighted by Gasteiger charge is 2.20. The Morgan fingerprint density at radius 2 is 1.92 bits per heavy atom. The lowest BCUT2D eigenvalue weighted by molar-refractivity contribution is -0.112. The van der Waals surface area contributed by atoms with Crippen LogP contribution in [0.4, 0.5) is 0 Å². The maximum Gasteiger partial charge on any atom is 0.123 e. The molecule has 1 rings (SSSR count). The molecule has 1 heteroatoms. The summed E-state index contributed by atoms with van der Waals surface area (Å²) in [5, 5.41) is 0. The highest BCUT2D eigenvalue weighted by atomic mass is 16.1. The maximum atomic E-state index is 10.8. The van der Waals surface area contributed by atoms with Crippen molar-refractivity contribution in [1.82, 2.24) is 0 Å². The van der Waals surface area contributed by atoms with Gasteiger partial charge in [-0.05, 0) is 24.7 Å². The van der Waals surface area contributed by atoms with Crippen LogP contribution in [0.5, 0.6) is 0 Å². The fraction of sp³-hybridized carbons (Fsp3) is 0.917. The summed E-state index contributed by atoms with van der Waals surface area (Å²) in [5.74, 6) is 1.86. The standard InChI is InChI=1S/C12H22O/c1-10(2)7-12(9-13)8-11-5-3-4-6-11/h9-12H,3-8H2,1-2H3. The lowest BCUT2D eigenvalue weighted by Crippen LogP contribution is -2.10. The molecule has 0 heterocycles. The van der Waals surface area contributed by atoms with E-state index < -0.39 is 0 Å². The van der Waals surface area contributed by atoms with Crippen molar-refractivity contribution in [3.05, 3.63) is 0 Å². The summed E-state index contributed by atoms with van der Waals surface area (Å²) in [6.45, 7) is 4.40. The molecule has 1 atom stereocenters. The maximum absolute atomic E-state index is 10.8. The van der Waals surface area contributed by atoms with Gasteiger partial charge in [0.2, 0.25) is 0 Å². The van der Waals surface area contributed by atoms with Crippen molar-refractivity contribution in [2.75, 3.05) is 0 Å². The van der Waals surface area contributed by atoms with E-state index in [-0.39, 0.29) is 0 Å². The largest absolute Gasteiger partial charge is 0.303 e. The molecule has 1 unspecified atom stereocenters. The van der Waals surface area contributed by atoms with Crippen LogP contribution in [0.3, 0.4) is 0 Å². The molecule has 1 saturated carbocycles. The Kier molecular flexibility index (Phi) is 4.47. The third-order valence-corrected chi connectivity index (χ3v) is 3.08. The molecular formula is C12H22O. The number of carbonyl (C=O) groups is 1. The van der Waals surface area contributed by atoms with Crippen LogP contribution in [-0.2, 0) is 4.79 Å². The van der Waals surface area contributed by atoms with Crippen molar-refractivity contribution >= 4 is 6.29 Å². The van der Waals surface area contributed by atoms with Crippen molar-refractivity contribution in [3.8, 4) is 0 Å². The van der Waals surface area contributed by atoms with E-state index in [0.717, 1.165) is 18.8 Å². The van der Waals surface area contributed by atoms with E-state index in [1.807, 2.05) is 0 Å². The first-order valence-corrected chi connectivity index (χ1v) is 5.67. The Morgan fingerprint density at radius 1 is 1.31 bits per heavy atom. The molecule has 1 nitrogen and oxygen atoms in total. The minimum Gasteiger partial charge on any atom is -0.303 e. The van der Waals surface area contributed by atoms with Gasteiger partial charge < -0.3 is 4.79 Å². The molecule has 1 aliphatic rings. The summed E-state index contributed by atoms with van der Waals surface area (Å²) >= 11 is 0. The molecule has 0 aromatic heterocycles. The van der Waals surface area contributed by atoms with Crippen molar-refractivity contribution in [2.45, 2.75) is 52.4 Å². The van der Waals surface area contributed by atoms with Crippen molar-refractivity contribution < 1.29 is 4.79 Å². The van der Waals surface area contributed by atoms with Crippen molar-refractivity contribution in [3.63, 3.8) is 0 Å². The van der Waals surface area contributed by atoms with Gasteiger partial charge in [0.1, 0.15) is 6.29 Å². The fourth-order valence-electron chi connectivity index (χ4n) is 2.49. The molecule has 0 aliphatic heterocycles. The average molecular weight is 182 g/mol. The molecule has 0 bridgehead atoms. The Bertz CT molecular complexity index is 145. The number of aldehydes is 1. The highest BCUT2D eigenvalue weighted by molar-refractivity contribution is 5.53. The second-order valence-electron chi connectivity index (χ2n) is 4.91. The van der Waals surface area contributed by atoms with E-state index in [9.17, 15) is 4.79 Å². The van der Waals surface area contributed by atoms with Crippen LogP contribution in [0.2, 0.25) is 0 Å². The first kappa shape index (κ1) is 10.7. The normalized spacial score (nSPS) is 20.8. The smallest absolute Gasteiger partial charge is 0.123 e. The summed E-state index contributed by atoms with van der Waals surface area (Å²) < 4.78 is 0. The van der Waals surface area contributed by atoms with Crippen LogP contribution in [0.1, 0.15) is 52.4 Å². The first-order chi connectivity index (χ1) is 6.22. The van der Waals surface area contributed by atoms with Gasteiger partial charge in [0.15, 0.2) is 0 Å². The summed E-state index contributed by atoms with van der Waals surface area (Å²) in [4.78, 5) is 10.8. The topological polar surface area (TPSA) is 17.1 Å². The van der Waals surface area contributed by atoms with Crippen LogP contribution in [-0.4, -0.2) is 6.29 Å². The van der Waals surface area contributed by atoms with E-state index in [0.29, 0.717) is 11.8 Å². The van der Waals surface area contributed by atoms with Gasteiger partial charge >= 0.3 is 0 Å². The zero-order chi connectivity index (χ0) is 9.68. The van der Waals surface area contributed by atoms with Crippen LogP contribution in [0.15, 0.2) is 0 Å². The van der Waals surface area contributed by atoms with Gasteiger partial charge in [-0.15, -0.1) is 0 Å². The summed E-state index contributed by atoms with van der Waals surface area (Å²) in [5.41, 5.74) is 0. The van der Waals surface area contributed by atoms with E-state index in [4.69, 9.17) is 0 Å². The quantitative estimate of drug-likeness (QED) is 0.595. The van der Waals surface area contributed by atoms with Crippen LogP contribution in [0, 0.1) is 17.8 Å². The monoisotopic (exact) mass is 182 g/mol. The third-order valence-electron chi connectivity index (χ3n) is 3.08. The van der Waals surface area contributed by atoms with Gasteiger partial charge in [-0.3, -0.25) is 0 Å². The molecule has 13 heavy (non-hydrogen) atoms. The van der Waals surface area contributed by atoms with Gasteiger partial charge in [0.05, 0.1) is 0 Å². The minimum absolute atomic E-state index is 0.336. The molecule has 1 aliphatic carbocycles. The Balaban J connectivity index is 2.25. The van der Waals surface area contributed by atoms with Gasteiger partial charge in [-0.25, -0.2) is 0 Å². The predicted octanol–water partition coefficient (Wildman–Crippen LogP) is 3.43. The van der Waals surface area contributed by atoms with Gasteiger partial charge in [-0.1, -0.05) is 39.5 Å². The highest BCUT2D eigenvalue weighted by Crippen LogP contribution is 2.31. The zero-order valence-corrected chi connectivity index (χ0v) is 8.96. The average Bonchev–Trinajstić information content (AvgIpc) is 2.55. The lowest BCUT2D eigenvalue weighted by Gasteiger charge is -2.16. The molecule has 0 amide bonds. The van der Waals surface area contributed by atoms with E-state index in [1.54, 1.807) is 0 Å². The van der Waals surface area contributed by atoms with Crippen molar-refractivity contribution in [1.29, 1.82) is 0 Å². The predicted molar refractivity (Wildman–Crippen MR) is 55.6 cm³/mol. The van der Waals surface area contributed by atoms with Gasteiger partial charge in [0.25, 0.3) is 0 Å². The van der Waals surface area contributed by atoms with E-state index in [2.05, 4.69) is 13.8 Å². The fourth-order valence-corrected chi connectivity index (χ4v) is 2.49. The lowest BCUT2D eigenvalue weighted by atomic mass is 9.88. The number of hydrogen-bond donors (Lipinski definition) is 0. The van der Waals surface area contributed by atoms with Crippen LogP contribution >= 0.6 is 0 Å². The SMILES string of the molecule is CC(C)CC(C=O)CC1CCCC1. The van der Waals surface area contributed by atoms with Gasteiger partial charge in [-0.2, -0.15) is 0 Å². The summed E-state index contributed by atoms with van der Waals surface area (Å²) in [7, 11) is 0. The molecule has 0 aromatic carbocycles. The van der Waals surface area contributed by atoms with Crippen LogP contribution < -0.4 is 0 Å². The zero-order valence-electron chi connectivity index (χ0n) is 8.96. The first-order valence-electron chi connectivity index (χ1n) is 5.67. The van der Waals surface area contributed by atoms with Gasteiger partial charge in [0, 0.05) is 5.92 Å². The molecule has 1 fully saturated rings. The molecule has 0 radical (unpaired) electrons. The molecule has 76 valence electrons. The van der Waals surface area contributed by atoms with E-state index in [1.165, 1.54) is 32.0 Å². The Labute approximate surface area is 81.9 Å². The second-order valence-corrected chi connectivity index (χ2v) is 4.91. The molecule has 0 saturated heterocycles. The summed E-state index contributed by atoms with van der Waals surface area (Å²) in [6, 6.07) is 0. The molecular weight excluding hydrogens is 160 g/mol. The summed E-state index contributed by atoms with van der Waals surface area (Å²) in [6.07, 6.45) is 8.92. The number of hydrogen-bond acceptors (Lipinski definition) is 1. The second kappa shape index (κ2) is 5.41.